The van der Waals surface area contributed by atoms with Gasteiger partial charge >= 0.3 is 6.18 Å². The van der Waals surface area contributed by atoms with Crippen molar-refractivity contribution in [3.63, 3.8) is 0 Å². The number of carbonyl (C=O) groups excluding carboxylic acids is 1. The van der Waals surface area contributed by atoms with E-state index in [4.69, 9.17) is 0 Å². The number of nitrogens with one attached hydrogen (secondary N) is 1. The minimum atomic E-state index is -4.49. The Bertz CT molecular complexity index is 509. The second kappa shape index (κ2) is 3.63. The Morgan fingerprint density at radius 2 is 1.89 bits per heavy atom. The maximum atomic E-state index is 12.9. The van der Waals surface area contributed by atoms with Crippen LogP contribution in [0.4, 0.5) is 24.5 Å². The van der Waals surface area contributed by atoms with E-state index in [1.54, 1.807) is 31.9 Å². The van der Waals surface area contributed by atoms with E-state index < -0.39 is 23.2 Å². The van der Waals surface area contributed by atoms with E-state index in [0.29, 0.717) is 5.69 Å². The average Bonchev–Trinajstić information content (AvgIpc) is 2.25. The van der Waals surface area contributed by atoms with Crippen molar-refractivity contribution >= 4 is 17.3 Å². The number of fused-ring (bicyclic) bond motifs is 1. The van der Waals surface area contributed by atoms with Gasteiger partial charge in [0, 0.05) is 7.05 Å². The molecule has 1 N–H and O–H groups in total. The third-order valence-corrected chi connectivity index (χ3v) is 3.34. The number of nitrogens with zero attached hydrogens (tertiary/aromatic N) is 1. The van der Waals surface area contributed by atoms with Crippen LogP contribution in [0.2, 0.25) is 0 Å². The van der Waals surface area contributed by atoms with Crippen molar-refractivity contribution in [2.75, 3.05) is 17.3 Å². The Kier molecular flexibility index (Phi) is 2.57. The summed E-state index contributed by atoms with van der Waals surface area (Å²) in [5.74, 6) is -0.450. The van der Waals surface area contributed by atoms with Crippen LogP contribution < -0.4 is 10.2 Å². The van der Waals surface area contributed by atoms with Crippen LogP contribution in [-0.2, 0) is 11.0 Å². The monoisotopic (exact) mass is 258 g/mol. The zero-order chi connectivity index (χ0) is 13.7. The molecule has 1 heterocycles. The zero-order valence-electron chi connectivity index (χ0n) is 10.2. The molecule has 18 heavy (non-hydrogen) atoms. The van der Waals surface area contributed by atoms with Gasteiger partial charge in [0.1, 0.15) is 5.54 Å². The van der Waals surface area contributed by atoms with E-state index in [-0.39, 0.29) is 5.69 Å². The van der Waals surface area contributed by atoms with Gasteiger partial charge < -0.3 is 10.2 Å². The molecule has 1 amide bonds. The van der Waals surface area contributed by atoms with E-state index in [0.717, 1.165) is 6.07 Å². The van der Waals surface area contributed by atoms with Crippen molar-refractivity contribution in [3.05, 3.63) is 23.8 Å². The highest BCUT2D eigenvalue weighted by Crippen LogP contribution is 2.43. The number of para-hydroxylation sites is 1. The number of rotatable bonds is 0. The molecule has 1 aliphatic rings. The van der Waals surface area contributed by atoms with Crippen LogP contribution in [0.25, 0.3) is 0 Å². The summed E-state index contributed by atoms with van der Waals surface area (Å²) < 4.78 is 38.6. The second-order valence-corrected chi connectivity index (χ2v) is 4.77. The van der Waals surface area contributed by atoms with E-state index in [9.17, 15) is 18.0 Å². The number of hydrogen-bond acceptors (Lipinski definition) is 2. The first-order valence-electron chi connectivity index (χ1n) is 5.41. The van der Waals surface area contributed by atoms with Crippen LogP contribution >= 0.6 is 0 Å². The first-order valence-corrected chi connectivity index (χ1v) is 5.41. The van der Waals surface area contributed by atoms with Crippen molar-refractivity contribution in [1.29, 1.82) is 0 Å². The zero-order valence-corrected chi connectivity index (χ0v) is 10.2. The fourth-order valence-electron chi connectivity index (χ4n) is 1.91. The maximum Gasteiger partial charge on any atom is 0.418 e. The molecular formula is C12H13F3N2O. The van der Waals surface area contributed by atoms with Crippen LogP contribution in [0.3, 0.4) is 0 Å². The largest absolute Gasteiger partial charge is 0.418 e. The normalized spacial score (nSPS) is 18.3. The smallest absolute Gasteiger partial charge is 0.359 e. The number of likely N-dealkylation sites (N-methyl/N-ethyl adjacent to an activating group) is 1. The van der Waals surface area contributed by atoms with Crippen molar-refractivity contribution in [3.8, 4) is 0 Å². The highest BCUT2D eigenvalue weighted by atomic mass is 19.4. The van der Waals surface area contributed by atoms with Gasteiger partial charge in [0.05, 0.1) is 16.9 Å². The Morgan fingerprint density at radius 1 is 1.28 bits per heavy atom. The van der Waals surface area contributed by atoms with Gasteiger partial charge in [-0.15, -0.1) is 0 Å². The molecule has 0 atom stereocenters. The molecule has 0 bridgehead atoms. The summed E-state index contributed by atoms with van der Waals surface area (Å²) >= 11 is 0. The topological polar surface area (TPSA) is 32.3 Å². The molecule has 6 heteroatoms. The molecular weight excluding hydrogens is 245 g/mol. The lowest BCUT2D eigenvalue weighted by molar-refractivity contribution is -0.137. The van der Waals surface area contributed by atoms with E-state index >= 15 is 0 Å². The summed E-state index contributed by atoms with van der Waals surface area (Å²) in [6.45, 7) is 3.32. The molecule has 98 valence electrons. The third kappa shape index (κ3) is 1.72. The number of hydrogen-bond donors (Lipinski definition) is 1. The van der Waals surface area contributed by atoms with E-state index in [2.05, 4.69) is 5.32 Å². The van der Waals surface area contributed by atoms with Gasteiger partial charge in [0.25, 0.3) is 0 Å². The molecule has 0 unspecified atom stereocenters. The van der Waals surface area contributed by atoms with Gasteiger partial charge in [0.2, 0.25) is 5.91 Å². The Hall–Kier alpha value is -1.72. The number of halogens is 3. The van der Waals surface area contributed by atoms with Gasteiger partial charge in [-0.1, -0.05) is 6.07 Å². The van der Waals surface area contributed by atoms with Gasteiger partial charge in [-0.25, -0.2) is 0 Å². The van der Waals surface area contributed by atoms with Crippen molar-refractivity contribution in [2.45, 2.75) is 25.6 Å². The fraction of sp³-hybridized carbons (Fsp3) is 0.417. The highest BCUT2D eigenvalue weighted by molar-refractivity contribution is 6.06. The highest BCUT2D eigenvalue weighted by Gasteiger charge is 2.42. The summed E-state index contributed by atoms with van der Waals surface area (Å²) in [6, 6.07) is 3.86. The molecule has 0 radical (unpaired) electrons. The van der Waals surface area contributed by atoms with Crippen molar-refractivity contribution < 1.29 is 18.0 Å². The van der Waals surface area contributed by atoms with Crippen LogP contribution in [0.1, 0.15) is 19.4 Å². The molecule has 0 saturated carbocycles. The van der Waals surface area contributed by atoms with Crippen LogP contribution in [0.15, 0.2) is 18.2 Å². The summed E-state index contributed by atoms with van der Waals surface area (Å²) in [6.07, 6.45) is -4.49. The van der Waals surface area contributed by atoms with Gasteiger partial charge in [-0.2, -0.15) is 13.2 Å². The lowest BCUT2D eigenvalue weighted by atomic mass is 9.95. The van der Waals surface area contributed by atoms with E-state index in [1.807, 2.05) is 0 Å². The second-order valence-electron chi connectivity index (χ2n) is 4.77. The molecule has 2 rings (SSSR count). The predicted octanol–water partition coefficient (Wildman–Crippen LogP) is 2.87. The van der Waals surface area contributed by atoms with Gasteiger partial charge in [0.15, 0.2) is 0 Å². The summed E-state index contributed by atoms with van der Waals surface area (Å²) in [4.78, 5) is 13.4. The molecule has 0 saturated heterocycles. The number of amides is 1. The summed E-state index contributed by atoms with van der Waals surface area (Å²) in [7, 11) is 1.61. The molecule has 0 spiro atoms. The average molecular weight is 258 g/mol. The number of anilines is 2. The maximum absolute atomic E-state index is 12.9. The minimum absolute atomic E-state index is 0.170. The lowest BCUT2D eigenvalue weighted by Crippen LogP contribution is -2.54. The predicted molar refractivity (Wildman–Crippen MR) is 62.6 cm³/mol. The fourth-order valence-corrected chi connectivity index (χ4v) is 1.91. The Balaban J connectivity index is 2.64. The first kappa shape index (κ1) is 12.7. The third-order valence-electron chi connectivity index (χ3n) is 3.34. The number of benzene rings is 1. The quantitative estimate of drug-likeness (QED) is 0.776. The molecule has 0 aliphatic carbocycles. The number of alkyl halides is 3. The van der Waals surface area contributed by atoms with Gasteiger partial charge in [-0.3, -0.25) is 4.79 Å². The summed E-state index contributed by atoms with van der Waals surface area (Å²) in [5, 5.41) is 2.36. The molecule has 1 aromatic rings. The van der Waals surface area contributed by atoms with Crippen molar-refractivity contribution in [1.82, 2.24) is 0 Å². The standard InChI is InChI=1S/C12H13F3N2O/c1-11(2)10(18)16-9-7(12(13,14)15)5-4-6-8(9)17(11)3/h4-6H,1-3H3,(H,16,18). The van der Waals surface area contributed by atoms with Crippen molar-refractivity contribution in [2.24, 2.45) is 0 Å². The summed E-state index contributed by atoms with van der Waals surface area (Å²) in [5.41, 5.74) is -1.50. The van der Waals surface area contributed by atoms with Gasteiger partial charge in [-0.05, 0) is 26.0 Å². The minimum Gasteiger partial charge on any atom is -0.359 e. The van der Waals surface area contributed by atoms with Crippen LogP contribution in [0, 0.1) is 0 Å². The molecule has 1 aliphatic heterocycles. The van der Waals surface area contributed by atoms with Crippen LogP contribution in [0.5, 0.6) is 0 Å². The lowest BCUT2D eigenvalue weighted by Gasteiger charge is -2.41. The Morgan fingerprint density at radius 3 is 2.44 bits per heavy atom. The first-order chi connectivity index (χ1) is 8.15. The molecule has 3 nitrogen and oxygen atoms in total. The molecule has 0 aromatic heterocycles. The van der Waals surface area contributed by atoms with Crippen LogP contribution in [-0.4, -0.2) is 18.5 Å². The SMILES string of the molecule is CN1c2cccc(C(F)(F)F)c2NC(=O)C1(C)C. The molecule has 1 aromatic carbocycles. The Labute approximate surface area is 103 Å². The number of carbonyl (C=O) groups is 1. The molecule has 0 fully saturated rings. The van der Waals surface area contributed by atoms with E-state index in [1.165, 1.54) is 6.07 Å².